The summed E-state index contributed by atoms with van der Waals surface area (Å²) < 4.78 is 27.4. The third-order valence-electron chi connectivity index (χ3n) is 5.20. The van der Waals surface area contributed by atoms with Gasteiger partial charge in [-0.15, -0.1) is 0 Å². The van der Waals surface area contributed by atoms with Crippen LogP contribution in [0.2, 0.25) is 5.02 Å². The molecule has 1 atom stereocenters. The first-order valence-electron chi connectivity index (χ1n) is 8.51. The fraction of sp³-hybridized carbons (Fsp3) is 0.316. The quantitative estimate of drug-likeness (QED) is 0.792. The molecule has 2 aliphatic heterocycles. The number of amides is 1. The summed E-state index contributed by atoms with van der Waals surface area (Å²) in [7, 11) is -3.79. The zero-order chi connectivity index (χ0) is 18.5. The Labute approximate surface area is 158 Å². The predicted octanol–water partition coefficient (Wildman–Crippen LogP) is 2.78. The number of fused-ring (bicyclic) bond motifs is 3. The third kappa shape index (κ3) is 2.82. The van der Waals surface area contributed by atoms with Crippen LogP contribution in [0.5, 0.6) is 0 Å². The Morgan fingerprint density at radius 2 is 1.92 bits per heavy atom. The van der Waals surface area contributed by atoms with E-state index in [9.17, 15) is 13.2 Å². The van der Waals surface area contributed by atoms with Crippen LogP contribution in [-0.4, -0.2) is 43.2 Å². The highest BCUT2D eigenvalue weighted by atomic mass is 35.5. The van der Waals surface area contributed by atoms with E-state index < -0.39 is 10.0 Å². The first kappa shape index (κ1) is 17.5. The molecule has 0 aromatic heterocycles. The van der Waals surface area contributed by atoms with Crippen molar-refractivity contribution in [3.05, 3.63) is 64.2 Å². The monoisotopic (exact) mass is 390 g/mol. The zero-order valence-corrected chi connectivity index (χ0v) is 15.9. The molecule has 1 unspecified atom stereocenters. The highest BCUT2D eigenvalue weighted by Gasteiger charge is 2.41. The molecule has 1 amide bonds. The lowest BCUT2D eigenvalue weighted by Crippen LogP contribution is -2.55. The van der Waals surface area contributed by atoms with E-state index >= 15 is 0 Å². The second kappa shape index (κ2) is 6.37. The molecule has 5 nitrogen and oxygen atoms in total. The van der Waals surface area contributed by atoms with Crippen molar-refractivity contribution in [1.29, 1.82) is 0 Å². The molecule has 0 bridgehead atoms. The van der Waals surface area contributed by atoms with Gasteiger partial charge in [-0.3, -0.25) is 4.79 Å². The molecular formula is C19H19ClN2O3S. The van der Waals surface area contributed by atoms with Crippen molar-refractivity contribution in [3.8, 4) is 0 Å². The van der Waals surface area contributed by atoms with Crippen LogP contribution in [0.1, 0.15) is 22.7 Å². The van der Waals surface area contributed by atoms with E-state index in [1.165, 1.54) is 15.9 Å². The maximum Gasteiger partial charge on any atom is 0.243 e. The van der Waals surface area contributed by atoms with Gasteiger partial charge in [0.1, 0.15) is 0 Å². The molecule has 2 heterocycles. The summed E-state index contributed by atoms with van der Waals surface area (Å²) in [5, 5.41) is 0.402. The lowest BCUT2D eigenvalue weighted by atomic mass is 9.91. The lowest BCUT2D eigenvalue weighted by Gasteiger charge is -2.44. The Hall–Kier alpha value is -1.89. The van der Waals surface area contributed by atoms with Gasteiger partial charge >= 0.3 is 0 Å². The molecular weight excluding hydrogens is 372 g/mol. The average Bonchev–Trinajstić information content (AvgIpc) is 2.63. The van der Waals surface area contributed by atoms with E-state index in [1.807, 2.05) is 31.2 Å². The number of halogens is 1. The summed E-state index contributed by atoms with van der Waals surface area (Å²) in [5.41, 5.74) is 3.03. The Bertz CT molecular complexity index is 990. The third-order valence-corrected chi connectivity index (χ3v) is 7.42. The van der Waals surface area contributed by atoms with Crippen molar-refractivity contribution in [2.45, 2.75) is 24.3 Å². The van der Waals surface area contributed by atoms with E-state index in [1.54, 1.807) is 17.0 Å². The number of nitrogens with zero attached hydrogens (tertiary/aromatic N) is 2. The van der Waals surface area contributed by atoms with E-state index in [-0.39, 0.29) is 29.9 Å². The van der Waals surface area contributed by atoms with Crippen LogP contribution in [0.4, 0.5) is 0 Å². The van der Waals surface area contributed by atoms with Gasteiger partial charge in [0.2, 0.25) is 15.9 Å². The number of carbonyl (C=O) groups excluding carboxylic acids is 1. The van der Waals surface area contributed by atoms with Crippen LogP contribution in [0.25, 0.3) is 0 Å². The maximum atomic E-state index is 13.1. The maximum absolute atomic E-state index is 13.1. The molecule has 0 aliphatic carbocycles. The summed E-state index contributed by atoms with van der Waals surface area (Å²) in [6.07, 6.45) is 0.804. The van der Waals surface area contributed by atoms with E-state index in [0.717, 1.165) is 17.5 Å². The SMILES string of the molecule is Cc1ccc(S(=O)(=O)N2CC(=O)N3CCc4ccccc4C3C2)cc1Cl. The first-order valence-corrected chi connectivity index (χ1v) is 10.3. The van der Waals surface area contributed by atoms with Gasteiger partial charge < -0.3 is 4.90 Å². The van der Waals surface area contributed by atoms with Crippen molar-refractivity contribution in [2.24, 2.45) is 0 Å². The van der Waals surface area contributed by atoms with Gasteiger partial charge in [-0.2, -0.15) is 4.31 Å². The number of sulfonamides is 1. The van der Waals surface area contributed by atoms with Gasteiger partial charge in [0, 0.05) is 18.1 Å². The van der Waals surface area contributed by atoms with Crippen molar-refractivity contribution in [2.75, 3.05) is 19.6 Å². The van der Waals surface area contributed by atoms with Crippen LogP contribution in [0.3, 0.4) is 0 Å². The van der Waals surface area contributed by atoms with Crippen LogP contribution in [0.15, 0.2) is 47.4 Å². The Morgan fingerprint density at radius 3 is 2.69 bits per heavy atom. The van der Waals surface area contributed by atoms with E-state index in [4.69, 9.17) is 11.6 Å². The van der Waals surface area contributed by atoms with Gasteiger partial charge in [0.25, 0.3) is 0 Å². The number of benzene rings is 2. The summed E-state index contributed by atoms with van der Waals surface area (Å²) >= 11 is 6.11. The minimum atomic E-state index is -3.79. The lowest BCUT2D eigenvalue weighted by molar-refractivity contribution is -0.138. The van der Waals surface area contributed by atoms with E-state index in [0.29, 0.717) is 11.6 Å². The molecule has 0 spiro atoms. The average molecular weight is 391 g/mol. The normalized spacial score (nSPS) is 20.6. The molecule has 4 rings (SSSR count). The zero-order valence-electron chi connectivity index (χ0n) is 14.4. The van der Waals surface area contributed by atoms with Gasteiger partial charge in [-0.05, 0) is 42.2 Å². The molecule has 2 aromatic carbocycles. The largest absolute Gasteiger partial charge is 0.333 e. The molecule has 0 radical (unpaired) electrons. The van der Waals surface area contributed by atoms with Gasteiger partial charge in [0.05, 0.1) is 17.5 Å². The van der Waals surface area contributed by atoms with E-state index in [2.05, 4.69) is 0 Å². The standard InChI is InChI=1S/C19H19ClN2O3S/c1-13-6-7-15(10-17(13)20)26(24,25)21-11-18-16-5-3-2-4-14(16)8-9-22(18)19(23)12-21/h2-7,10,18H,8-9,11-12H2,1H3. The molecule has 136 valence electrons. The summed E-state index contributed by atoms with van der Waals surface area (Å²) in [5.74, 6) is -0.155. The van der Waals surface area contributed by atoms with Gasteiger partial charge in [-0.25, -0.2) is 8.42 Å². The second-order valence-electron chi connectivity index (χ2n) is 6.76. The smallest absolute Gasteiger partial charge is 0.243 e. The molecule has 1 fully saturated rings. The van der Waals surface area contributed by atoms with Crippen molar-refractivity contribution >= 4 is 27.5 Å². The van der Waals surface area contributed by atoms with Crippen LogP contribution < -0.4 is 0 Å². The molecule has 2 aromatic rings. The molecule has 0 saturated carbocycles. The topological polar surface area (TPSA) is 57.7 Å². The Kier molecular flexibility index (Phi) is 4.29. The number of carbonyl (C=O) groups is 1. The van der Waals surface area contributed by atoms with Gasteiger partial charge in [-0.1, -0.05) is 41.9 Å². The summed E-state index contributed by atoms with van der Waals surface area (Å²) in [4.78, 5) is 14.6. The van der Waals surface area contributed by atoms with Crippen LogP contribution in [0, 0.1) is 6.92 Å². The molecule has 7 heteroatoms. The fourth-order valence-electron chi connectivity index (χ4n) is 3.71. The molecule has 1 saturated heterocycles. The Morgan fingerprint density at radius 1 is 1.15 bits per heavy atom. The van der Waals surface area contributed by atoms with Crippen LogP contribution in [-0.2, 0) is 21.2 Å². The molecule has 2 aliphatic rings. The molecule has 0 N–H and O–H groups in total. The number of hydrogen-bond donors (Lipinski definition) is 0. The highest BCUT2D eigenvalue weighted by molar-refractivity contribution is 7.89. The number of rotatable bonds is 2. The minimum absolute atomic E-state index is 0.124. The fourth-order valence-corrected chi connectivity index (χ4v) is 5.38. The predicted molar refractivity (Wildman–Crippen MR) is 99.5 cm³/mol. The number of piperazine rings is 1. The van der Waals surface area contributed by atoms with Crippen molar-refractivity contribution < 1.29 is 13.2 Å². The highest BCUT2D eigenvalue weighted by Crippen LogP contribution is 2.35. The minimum Gasteiger partial charge on any atom is -0.333 e. The van der Waals surface area contributed by atoms with Gasteiger partial charge in [0.15, 0.2) is 0 Å². The van der Waals surface area contributed by atoms with Crippen molar-refractivity contribution in [3.63, 3.8) is 0 Å². The molecule has 26 heavy (non-hydrogen) atoms. The Balaban J connectivity index is 1.71. The summed E-state index contributed by atoms with van der Waals surface area (Å²) in [6.45, 7) is 2.58. The van der Waals surface area contributed by atoms with Crippen LogP contribution >= 0.6 is 11.6 Å². The summed E-state index contributed by atoms with van der Waals surface area (Å²) in [6, 6.07) is 12.4. The first-order chi connectivity index (χ1) is 12.4. The number of aryl methyl sites for hydroxylation is 1. The van der Waals surface area contributed by atoms with Crippen molar-refractivity contribution in [1.82, 2.24) is 9.21 Å². The second-order valence-corrected chi connectivity index (χ2v) is 9.11. The number of hydrogen-bond acceptors (Lipinski definition) is 3.